The van der Waals surface area contributed by atoms with Gasteiger partial charge in [0, 0.05) is 0 Å². The van der Waals surface area contributed by atoms with Crippen LogP contribution in [0.15, 0.2) is 12.7 Å². The molecule has 3 nitrogen and oxygen atoms in total. The zero-order chi connectivity index (χ0) is 6.85. The number of rotatable bonds is 1. The molecule has 0 N–H and O–H groups in total. The highest BCUT2D eigenvalue weighted by atomic mass is 15.4. The van der Waals surface area contributed by atoms with Crippen molar-refractivity contribution in [3.63, 3.8) is 0 Å². The summed E-state index contributed by atoms with van der Waals surface area (Å²) >= 11 is 0. The van der Waals surface area contributed by atoms with E-state index in [1.807, 2.05) is 22.6 Å². The van der Waals surface area contributed by atoms with Gasteiger partial charge in [0.1, 0.15) is 6.04 Å². The van der Waals surface area contributed by atoms with Crippen LogP contribution in [0, 0.1) is 0 Å². The quantitative estimate of drug-likeness (QED) is 0.496. The van der Waals surface area contributed by atoms with Crippen LogP contribution in [0.3, 0.4) is 0 Å². The van der Waals surface area contributed by atoms with Crippen LogP contribution in [0.1, 0.15) is 19.9 Å². The summed E-state index contributed by atoms with van der Waals surface area (Å²) in [6.07, 6.45) is 3.75. The maximum Gasteiger partial charge on any atom is 0.265 e. The van der Waals surface area contributed by atoms with Gasteiger partial charge in [-0.1, -0.05) is 0 Å². The van der Waals surface area contributed by atoms with E-state index in [0.717, 1.165) is 0 Å². The number of hydrogen-bond acceptors (Lipinski definition) is 1. The first-order valence-corrected chi connectivity index (χ1v) is 3.09. The number of aryl methyl sites for hydroxylation is 1. The van der Waals surface area contributed by atoms with E-state index in [4.69, 9.17) is 0 Å². The molecule has 0 aliphatic rings. The molecule has 1 aromatic heterocycles. The Kier molecular flexibility index (Phi) is 1.51. The van der Waals surface area contributed by atoms with Crippen molar-refractivity contribution in [1.29, 1.82) is 0 Å². The Balaban J connectivity index is 2.85. The predicted octanol–water partition coefficient (Wildman–Crippen LogP) is 0.288. The van der Waals surface area contributed by atoms with E-state index in [0.29, 0.717) is 6.04 Å². The van der Waals surface area contributed by atoms with Gasteiger partial charge in [-0.2, -0.15) is 0 Å². The van der Waals surface area contributed by atoms with Crippen molar-refractivity contribution in [2.24, 2.45) is 7.05 Å². The Labute approximate surface area is 54.9 Å². The molecule has 0 aliphatic heterocycles. The summed E-state index contributed by atoms with van der Waals surface area (Å²) in [7, 11) is 1.96. The van der Waals surface area contributed by atoms with Gasteiger partial charge in [0.2, 0.25) is 6.33 Å². The lowest BCUT2D eigenvalue weighted by Crippen LogP contribution is -2.37. The summed E-state index contributed by atoms with van der Waals surface area (Å²) < 4.78 is 3.85. The zero-order valence-corrected chi connectivity index (χ0v) is 6.07. The molecule has 0 spiro atoms. The maximum atomic E-state index is 4.09. The van der Waals surface area contributed by atoms with Crippen molar-refractivity contribution in [2.75, 3.05) is 0 Å². The van der Waals surface area contributed by atoms with E-state index < -0.39 is 0 Å². The van der Waals surface area contributed by atoms with Gasteiger partial charge in [-0.25, -0.2) is 4.57 Å². The average Bonchev–Trinajstić information content (AvgIpc) is 2.14. The van der Waals surface area contributed by atoms with Crippen molar-refractivity contribution in [3.05, 3.63) is 12.7 Å². The molecular weight excluding hydrogens is 114 g/mol. The first-order chi connectivity index (χ1) is 4.20. The van der Waals surface area contributed by atoms with Gasteiger partial charge in [-0.05, 0) is 18.9 Å². The van der Waals surface area contributed by atoms with E-state index in [1.54, 1.807) is 6.33 Å². The molecule has 0 fully saturated rings. The van der Waals surface area contributed by atoms with Gasteiger partial charge < -0.3 is 0 Å². The molecule has 1 heterocycles. The van der Waals surface area contributed by atoms with Crippen molar-refractivity contribution < 1.29 is 4.68 Å². The molecule has 0 amide bonds. The first kappa shape index (κ1) is 6.26. The fourth-order valence-electron chi connectivity index (χ4n) is 0.654. The van der Waals surface area contributed by atoms with E-state index in [2.05, 4.69) is 18.9 Å². The third-order valence-corrected chi connectivity index (χ3v) is 1.20. The molecule has 0 unspecified atom stereocenters. The van der Waals surface area contributed by atoms with Crippen molar-refractivity contribution >= 4 is 0 Å². The summed E-state index contributed by atoms with van der Waals surface area (Å²) in [4.78, 5) is 0. The summed E-state index contributed by atoms with van der Waals surface area (Å²) in [5.41, 5.74) is 0. The highest BCUT2D eigenvalue weighted by Gasteiger charge is 2.04. The van der Waals surface area contributed by atoms with E-state index in [-0.39, 0.29) is 0 Å². The Morgan fingerprint density at radius 3 is 2.44 bits per heavy atom. The second-order valence-corrected chi connectivity index (χ2v) is 2.49. The second kappa shape index (κ2) is 2.17. The maximum absolute atomic E-state index is 4.09. The molecule has 0 radical (unpaired) electrons. The fraction of sp³-hybridized carbons (Fsp3) is 0.667. The van der Waals surface area contributed by atoms with E-state index >= 15 is 0 Å². The van der Waals surface area contributed by atoms with Crippen molar-refractivity contribution in [1.82, 2.24) is 9.67 Å². The molecule has 3 heteroatoms. The van der Waals surface area contributed by atoms with Crippen LogP contribution in [0.5, 0.6) is 0 Å². The molecule has 0 bridgehead atoms. The van der Waals surface area contributed by atoms with Gasteiger partial charge >= 0.3 is 0 Å². The van der Waals surface area contributed by atoms with Crippen molar-refractivity contribution in [3.8, 4) is 0 Å². The Morgan fingerprint density at radius 2 is 2.22 bits per heavy atom. The Morgan fingerprint density at radius 1 is 1.56 bits per heavy atom. The van der Waals surface area contributed by atoms with Crippen molar-refractivity contribution in [2.45, 2.75) is 19.9 Å². The molecule has 0 atom stereocenters. The van der Waals surface area contributed by atoms with Crippen LogP contribution in [-0.4, -0.2) is 9.67 Å². The molecule has 1 rings (SSSR count). The average molecular weight is 126 g/mol. The topological polar surface area (TPSA) is 21.7 Å². The molecule has 0 saturated carbocycles. The highest BCUT2D eigenvalue weighted by molar-refractivity contribution is 4.46. The van der Waals surface area contributed by atoms with Gasteiger partial charge in [0.25, 0.3) is 6.33 Å². The SMILES string of the molecule is CC(C)[n+]1cn(C)cn1. The van der Waals surface area contributed by atoms with Gasteiger partial charge in [0.15, 0.2) is 0 Å². The number of hydrogen-bond donors (Lipinski definition) is 0. The minimum Gasteiger partial charge on any atom is -0.222 e. The standard InChI is InChI=1S/C6H12N3/c1-6(2)9-5-8(3)4-7-9/h4-6H,1-3H3/q+1. The number of aromatic nitrogens is 3. The lowest BCUT2D eigenvalue weighted by atomic mass is 10.4. The van der Waals surface area contributed by atoms with Crippen LogP contribution in [-0.2, 0) is 7.05 Å². The van der Waals surface area contributed by atoms with Gasteiger partial charge in [0.05, 0.1) is 7.05 Å². The van der Waals surface area contributed by atoms with E-state index in [9.17, 15) is 0 Å². The normalized spacial score (nSPS) is 10.7. The predicted molar refractivity (Wildman–Crippen MR) is 33.8 cm³/mol. The Hall–Kier alpha value is -0.860. The number of nitrogens with zero attached hydrogens (tertiary/aromatic N) is 3. The molecule has 1 aromatic rings. The first-order valence-electron chi connectivity index (χ1n) is 3.09. The van der Waals surface area contributed by atoms with Crippen LogP contribution < -0.4 is 4.68 Å². The van der Waals surface area contributed by atoms with Crippen LogP contribution in [0.2, 0.25) is 0 Å². The summed E-state index contributed by atoms with van der Waals surface area (Å²) in [6, 6.07) is 0.464. The molecule has 0 aromatic carbocycles. The largest absolute Gasteiger partial charge is 0.265 e. The lowest BCUT2D eigenvalue weighted by Gasteiger charge is -1.92. The second-order valence-electron chi connectivity index (χ2n) is 2.49. The zero-order valence-electron chi connectivity index (χ0n) is 6.07. The molecule has 9 heavy (non-hydrogen) atoms. The minimum absolute atomic E-state index is 0.464. The summed E-state index contributed by atoms with van der Waals surface area (Å²) in [5.74, 6) is 0. The monoisotopic (exact) mass is 126 g/mol. The molecule has 0 aliphatic carbocycles. The fourth-order valence-corrected chi connectivity index (χ4v) is 0.654. The van der Waals surface area contributed by atoms with Gasteiger partial charge in [-0.3, -0.25) is 0 Å². The minimum atomic E-state index is 0.464. The van der Waals surface area contributed by atoms with Gasteiger partial charge in [-0.15, -0.1) is 4.68 Å². The highest BCUT2D eigenvalue weighted by Crippen LogP contribution is 1.86. The van der Waals surface area contributed by atoms with Crippen LogP contribution in [0.25, 0.3) is 0 Å². The van der Waals surface area contributed by atoms with Crippen LogP contribution >= 0.6 is 0 Å². The molecule has 0 saturated heterocycles. The van der Waals surface area contributed by atoms with E-state index in [1.165, 1.54) is 0 Å². The third-order valence-electron chi connectivity index (χ3n) is 1.20. The van der Waals surface area contributed by atoms with Crippen LogP contribution in [0.4, 0.5) is 0 Å². The molecular formula is C6H12N3+. The smallest absolute Gasteiger partial charge is 0.222 e. The third kappa shape index (κ3) is 1.28. The lowest BCUT2D eigenvalue weighted by molar-refractivity contribution is -0.769. The Bertz CT molecular complexity index is 190. The molecule has 50 valence electrons. The summed E-state index contributed by atoms with van der Waals surface area (Å²) in [6.45, 7) is 4.21. The summed E-state index contributed by atoms with van der Waals surface area (Å²) in [5, 5.41) is 4.09.